The molecule has 1 fully saturated rings. The van der Waals surface area contributed by atoms with Crippen molar-refractivity contribution in [1.82, 2.24) is 0 Å². The number of anilines is 1. The number of sulfone groups is 1. The highest BCUT2D eigenvalue weighted by Crippen LogP contribution is 2.20. The van der Waals surface area contributed by atoms with Crippen molar-refractivity contribution in [2.45, 2.75) is 4.90 Å². The molecule has 1 aliphatic rings. The van der Waals surface area contributed by atoms with E-state index in [1.54, 1.807) is 0 Å². The molecule has 5 heteroatoms. The molecule has 3 nitrogen and oxygen atoms in total. The van der Waals surface area contributed by atoms with Crippen LogP contribution in [-0.2, 0) is 9.84 Å². The van der Waals surface area contributed by atoms with Gasteiger partial charge in [0.25, 0.3) is 0 Å². The number of benzene rings is 1. The van der Waals surface area contributed by atoms with E-state index in [0.717, 1.165) is 10.6 Å². The van der Waals surface area contributed by atoms with Crippen LogP contribution in [0.3, 0.4) is 0 Å². The molecule has 15 heavy (non-hydrogen) atoms. The lowest BCUT2D eigenvalue weighted by atomic mass is 10.3. The molecule has 0 aliphatic carbocycles. The third-order valence-corrected chi connectivity index (χ3v) is 4.43. The van der Waals surface area contributed by atoms with Gasteiger partial charge in [-0.2, -0.15) is 0 Å². The molecule has 0 spiro atoms. The molecule has 0 bridgehead atoms. The zero-order valence-corrected chi connectivity index (χ0v) is 9.97. The summed E-state index contributed by atoms with van der Waals surface area (Å²) < 4.78 is 22.5. The number of nitrogens with zero attached hydrogens (tertiary/aromatic N) is 1. The highest BCUT2D eigenvalue weighted by atomic mass is 32.2. The van der Waals surface area contributed by atoms with Gasteiger partial charge in [-0.05, 0) is 18.2 Å². The second kappa shape index (κ2) is 4.06. The van der Waals surface area contributed by atoms with Crippen LogP contribution in [0.5, 0.6) is 0 Å². The maximum absolute atomic E-state index is 11.3. The number of rotatable bonds is 1. The topological polar surface area (TPSA) is 37.4 Å². The number of hydrogen-bond acceptors (Lipinski definition) is 4. The molecule has 0 atom stereocenters. The summed E-state index contributed by atoms with van der Waals surface area (Å²) in [6.07, 6.45) is 0. The molecule has 1 aliphatic heterocycles. The summed E-state index contributed by atoms with van der Waals surface area (Å²) in [4.78, 5) is 2.99. The molecule has 0 N–H and O–H groups in total. The van der Waals surface area contributed by atoms with Crippen molar-refractivity contribution in [2.75, 3.05) is 29.5 Å². The first-order valence-corrected chi connectivity index (χ1v) is 7.08. The largest absolute Gasteiger partial charge is 0.369 e. The van der Waals surface area contributed by atoms with Crippen LogP contribution in [0.15, 0.2) is 29.2 Å². The fourth-order valence-corrected chi connectivity index (χ4v) is 3.08. The third kappa shape index (κ3) is 2.66. The first-order chi connectivity index (χ1) is 7.07. The molecular formula is C10H13NO2S2. The third-order valence-electron chi connectivity index (χ3n) is 2.54. The monoisotopic (exact) mass is 243 g/mol. The zero-order chi connectivity index (χ0) is 10.9. The van der Waals surface area contributed by atoms with Crippen LogP contribution in [0.4, 0.5) is 5.69 Å². The van der Waals surface area contributed by atoms with Gasteiger partial charge in [0, 0.05) is 23.7 Å². The van der Waals surface area contributed by atoms with E-state index in [4.69, 9.17) is 0 Å². The predicted molar refractivity (Wildman–Crippen MR) is 64.6 cm³/mol. The lowest BCUT2D eigenvalue weighted by Crippen LogP contribution is -2.40. The molecule has 0 saturated carbocycles. The van der Waals surface area contributed by atoms with Crippen molar-refractivity contribution in [1.29, 1.82) is 0 Å². The Morgan fingerprint density at radius 2 is 1.87 bits per heavy atom. The van der Waals surface area contributed by atoms with E-state index in [1.165, 1.54) is 0 Å². The van der Waals surface area contributed by atoms with Gasteiger partial charge in [-0.25, -0.2) is 8.42 Å². The Bertz CT molecular complexity index is 442. The molecular weight excluding hydrogens is 230 g/mol. The molecule has 0 radical (unpaired) electrons. The maximum atomic E-state index is 11.3. The second-order valence-corrected chi connectivity index (χ2v) is 6.48. The average Bonchev–Trinajstić information content (AvgIpc) is 2.17. The van der Waals surface area contributed by atoms with Crippen LogP contribution >= 0.6 is 12.6 Å². The Balaban J connectivity index is 2.14. The number of hydrogen-bond donors (Lipinski definition) is 1. The summed E-state index contributed by atoms with van der Waals surface area (Å²) in [6, 6.07) is 7.78. The highest BCUT2D eigenvalue weighted by molar-refractivity contribution is 7.91. The molecule has 1 aromatic carbocycles. The lowest BCUT2D eigenvalue weighted by molar-refractivity contribution is 0.587. The van der Waals surface area contributed by atoms with Crippen LogP contribution < -0.4 is 4.90 Å². The van der Waals surface area contributed by atoms with Crippen LogP contribution in [0.2, 0.25) is 0 Å². The van der Waals surface area contributed by atoms with Gasteiger partial charge in [-0.3, -0.25) is 0 Å². The molecule has 1 heterocycles. The summed E-state index contributed by atoms with van der Waals surface area (Å²) in [5.41, 5.74) is 1.05. The SMILES string of the molecule is O=S1(=O)CCN(c2cccc(S)c2)CC1. The summed E-state index contributed by atoms with van der Waals surface area (Å²) in [6.45, 7) is 1.17. The molecule has 1 aromatic rings. The van der Waals surface area contributed by atoms with E-state index in [2.05, 4.69) is 17.5 Å². The van der Waals surface area contributed by atoms with Crippen LogP contribution in [0.25, 0.3) is 0 Å². The normalized spacial score (nSPS) is 20.2. The van der Waals surface area contributed by atoms with Gasteiger partial charge in [0.2, 0.25) is 0 Å². The predicted octanol–water partition coefficient (Wildman–Crippen LogP) is 1.21. The maximum Gasteiger partial charge on any atom is 0.153 e. The van der Waals surface area contributed by atoms with Gasteiger partial charge in [0.1, 0.15) is 0 Å². The smallest absolute Gasteiger partial charge is 0.153 e. The quantitative estimate of drug-likeness (QED) is 0.753. The summed E-state index contributed by atoms with van der Waals surface area (Å²) in [7, 11) is -2.79. The van der Waals surface area contributed by atoms with Gasteiger partial charge in [0.05, 0.1) is 11.5 Å². The van der Waals surface area contributed by atoms with Gasteiger partial charge >= 0.3 is 0 Å². The molecule has 2 rings (SSSR count). The Labute approximate surface area is 95.4 Å². The van der Waals surface area contributed by atoms with Gasteiger partial charge in [-0.15, -0.1) is 12.6 Å². The van der Waals surface area contributed by atoms with E-state index >= 15 is 0 Å². The van der Waals surface area contributed by atoms with Crippen LogP contribution in [0, 0.1) is 0 Å². The fraction of sp³-hybridized carbons (Fsp3) is 0.400. The minimum Gasteiger partial charge on any atom is -0.369 e. The van der Waals surface area contributed by atoms with Gasteiger partial charge < -0.3 is 4.90 Å². The van der Waals surface area contributed by atoms with Crippen LogP contribution in [0.1, 0.15) is 0 Å². The lowest BCUT2D eigenvalue weighted by Gasteiger charge is -2.28. The van der Waals surface area contributed by atoms with E-state index in [0.29, 0.717) is 13.1 Å². The highest BCUT2D eigenvalue weighted by Gasteiger charge is 2.21. The first kappa shape index (κ1) is 10.8. The van der Waals surface area contributed by atoms with Gasteiger partial charge in [-0.1, -0.05) is 6.07 Å². The van der Waals surface area contributed by atoms with Crippen molar-refractivity contribution in [3.63, 3.8) is 0 Å². The molecule has 0 unspecified atom stereocenters. The minimum absolute atomic E-state index is 0.254. The standard InChI is InChI=1S/C10H13NO2S2/c12-15(13)6-4-11(5-7-15)9-2-1-3-10(14)8-9/h1-3,8,14H,4-7H2. The molecule has 82 valence electrons. The van der Waals surface area contributed by atoms with E-state index in [-0.39, 0.29) is 11.5 Å². The molecule has 0 aromatic heterocycles. The Hall–Kier alpha value is -0.680. The Morgan fingerprint density at radius 1 is 1.20 bits per heavy atom. The van der Waals surface area contributed by atoms with Crippen molar-refractivity contribution >= 4 is 28.2 Å². The fourth-order valence-electron chi connectivity index (χ4n) is 1.66. The van der Waals surface area contributed by atoms with Crippen molar-refractivity contribution < 1.29 is 8.42 Å². The van der Waals surface area contributed by atoms with Crippen LogP contribution in [-0.4, -0.2) is 33.0 Å². The van der Waals surface area contributed by atoms with E-state index in [1.807, 2.05) is 24.3 Å². The summed E-state index contributed by atoms with van der Waals surface area (Å²) in [5.74, 6) is 0.508. The zero-order valence-electron chi connectivity index (χ0n) is 8.26. The first-order valence-electron chi connectivity index (χ1n) is 4.81. The van der Waals surface area contributed by atoms with Crippen molar-refractivity contribution in [3.8, 4) is 0 Å². The van der Waals surface area contributed by atoms with Gasteiger partial charge in [0.15, 0.2) is 9.84 Å². The number of thiol groups is 1. The molecule has 1 saturated heterocycles. The summed E-state index contributed by atoms with van der Waals surface area (Å²) >= 11 is 4.26. The minimum atomic E-state index is -2.79. The van der Waals surface area contributed by atoms with Crippen molar-refractivity contribution in [2.24, 2.45) is 0 Å². The summed E-state index contributed by atoms with van der Waals surface area (Å²) in [5, 5.41) is 0. The average molecular weight is 243 g/mol. The molecule has 0 amide bonds. The van der Waals surface area contributed by atoms with E-state index < -0.39 is 9.84 Å². The second-order valence-electron chi connectivity index (χ2n) is 3.66. The Kier molecular flexibility index (Phi) is 2.93. The van der Waals surface area contributed by atoms with Crippen molar-refractivity contribution in [3.05, 3.63) is 24.3 Å². The Morgan fingerprint density at radius 3 is 2.47 bits per heavy atom. The van der Waals surface area contributed by atoms with E-state index in [9.17, 15) is 8.42 Å².